The maximum atomic E-state index is 6.15. The first-order valence-corrected chi connectivity index (χ1v) is 9.99. The monoisotopic (exact) mass is 394 g/mol. The zero-order valence-corrected chi connectivity index (χ0v) is 16.8. The van der Waals surface area contributed by atoms with Gasteiger partial charge in [0.25, 0.3) is 0 Å². The van der Waals surface area contributed by atoms with Gasteiger partial charge in [0, 0.05) is 5.56 Å². The molecule has 0 fully saturated rings. The Hall–Kier alpha value is -3.79. The van der Waals surface area contributed by atoms with E-state index in [0.717, 1.165) is 39.3 Å². The molecule has 0 amide bonds. The van der Waals surface area contributed by atoms with Gasteiger partial charge in [-0.3, -0.25) is 0 Å². The molecule has 0 saturated carbocycles. The lowest BCUT2D eigenvalue weighted by Crippen LogP contribution is -2.09. The first-order chi connectivity index (χ1) is 14.8. The predicted molar refractivity (Wildman–Crippen MR) is 120 cm³/mol. The molecule has 1 heterocycles. The van der Waals surface area contributed by atoms with E-state index in [1.54, 1.807) is 7.11 Å². The van der Waals surface area contributed by atoms with E-state index in [2.05, 4.69) is 41.0 Å². The van der Waals surface area contributed by atoms with Crippen LogP contribution < -0.4 is 9.47 Å². The number of aromatic nitrogens is 2. The Morgan fingerprint density at radius 3 is 2.47 bits per heavy atom. The second-order valence-corrected chi connectivity index (χ2v) is 7.21. The Balaban J connectivity index is 1.48. The SMILES string of the molecule is COc1ccccc1Cn1c(COc2ccc3ccccc3c2)nc2ccccc21. The Morgan fingerprint density at radius 1 is 0.800 bits per heavy atom. The summed E-state index contributed by atoms with van der Waals surface area (Å²) >= 11 is 0. The molecule has 0 saturated heterocycles. The molecular weight excluding hydrogens is 372 g/mol. The van der Waals surface area contributed by atoms with Gasteiger partial charge >= 0.3 is 0 Å². The average Bonchev–Trinajstić information content (AvgIpc) is 3.15. The van der Waals surface area contributed by atoms with Crippen molar-refractivity contribution in [3.8, 4) is 11.5 Å². The minimum Gasteiger partial charge on any atom is -0.496 e. The third-order valence-electron chi connectivity index (χ3n) is 5.34. The fraction of sp³-hybridized carbons (Fsp3) is 0.115. The van der Waals surface area contributed by atoms with Crippen LogP contribution in [0.3, 0.4) is 0 Å². The predicted octanol–water partition coefficient (Wildman–Crippen LogP) is 5.83. The highest BCUT2D eigenvalue weighted by Gasteiger charge is 2.13. The van der Waals surface area contributed by atoms with Crippen molar-refractivity contribution in [2.45, 2.75) is 13.2 Å². The number of rotatable bonds is 6. The van der Waals surface area contributed by atoms with Gasteiger partial charge in [-0.2, -0.15) is 0 Å². The Labute approximate surface area is 175 Å². The number of imidazole rings is 1. The molecule has 148 valence electrons. The standard InChI is InChI=1S/C26H22N2O2/c1-29-25-13-7-4-10-21(25)17-28-24-12-6-5-11-23(24)27-26(28)18-30-22-15-14-19-8-2-3-9-20(19)16-22/h2-16H,17-18H2,1H3. The maximum Gasteiger partial charge on any atom is 0.148 e. The van der Waals surface area contributed by atoms with E-state index in [-0.39, 0.29) is 0 Å². The Morgan fingerprint density at radius 2 is 1.57 bits per heavy atom. The molecular formula is C26H22N2O2. The molecule has 0 atom stereocenters. The summed E-state index contributed by atoms with van der Waals surface area (Å²) in [6.45, 7) is 1.06. The zero-order valence-electron chi connectivity index (χ0n) is 16.8. The van der Waals surface area contributed by atoms with Crippen molar-refractivity contribution in [1.29, 1.82) is 0 Å². The highest BCUT2D eigenvalue weighted by atomic mass is 16.5. The highest BCUT2D eigenvalue weighted by Crippen LogP contribution is 2.25. The molecule has 0 aliphatic rings. The fourth-order valence-corrected chi connectivity index (χ4v) is 3.82. The van der Waals surface area contributed by atoms with Crippen molar-refractivity contribution < 1.29 is 9.47 Å². The summed E-state index contributed by atoms with van der Waals surface area (Å²) in [5.74, 6) is 2.59. The van der Waals surface area contributed by atoms with E-state index in [0.29, 0.717) is 13.2 Å². The molecule has 1 aromatic heterocycles. The second-order valence-electron chi connectivity index (χ2n) is 7.21. The van der Waals surface area contributed by atoms with Crippen LogP contribution in [0.5, 0.6) is 11.5 Å². The molecule has 0 aliphatic heterocycles. The van der Waals surface area contributed by atoms with Crippen LogP contribution in [-0.2, 0) is 13.2 Å². The molecule has 4 heteroatoms. The number of methoxy groups -OCH3 is 1. The average molecular weight is 394 g/mol. The third-order valence-corrected chi connectivity index (χ3v) is 5.34. The van der Waals surface area contributed by atoms with E-state index in [9.17, 15) is 0 Å². The summed E-state index contributed by atoms with van der Waals surface area (Å²) in [4.78, 5) is 4.84. The van der Waals surface area contributed by atoms with Gasteiger partial charge in [-0.25, -0.2) is 4.98 Å². The highest BCUT2D eigenvalue weighted by molar-refractivity contribution is 5.83. The molecule has 4 nitrogen and oxygen atoms in total. The summed E-state index contributed by atoms with van der Waals surface area (Å²) in [5, 5.41) is 2.37. The van der Waals surface area contributed by atoms with Crippen molar-refractivity contribution >= 4 is 21.8 Å². The van der Waals surface area contributed by atoms with E-state index in [4.69, 9.17) is 14.5 Å². The van der Waals surface area contributed by atoms with Gasteiger partial charge in [-0.05, 0) is 41.1 Å². The van der Waals surface area contributed by atoms with Crippen LogP contribution in [0.15, 0.2) is 91.0 Å². The number of fused-ring (bicyclic) bond motifs is 2. The van der Waals surface area contributed by atoms with Gasteiger partial charge in [0.15, 0.2) is 0 Å². The lowest BCUT2D eigenvalue weighted by atomic mass is 10.1. The smallest absolute Gasteiger partial charge is 0.148 e. The summed E-state index contributed by atoms with van der Waals surface area (Å²) in [6.07, 6.45) is 0. The number of hydrogen-bond acceptors (Lipinski definition) is 3. The molecule has 0 spiro atoms. The van der Waals surface area contributed by atoms with Crippen LogP contribution >= 0.6 is 0 Å². The van der Waals surface area contributed by atoms with E-state index in [1.165, 1.54) is 5.39 Å². The van der Waals surface area contributed by atoms with Crippen LogP contribution in [0.2, 0.25) is 0 Å². The van der Waals surface area contributed by atoms with Gasteiger partial charge in [-0.1, -0.05) is 60.7 Å². The molecule has 0 aliphatic carbocycles. The van der Waals surface area contributed by atoms with E-state index >= 15 is 0 Å². The van der Waals surface area contributed by atoms with Gasteiger partial charge < -0.3 is 14.0 Å². The van der Waals surface area contributed by atoms with Crippen LogP contribution in [-0.4, -0.2) is 16.7 Å². The molecule has 0 radical (unpaired) electrons. The molecule has 5 aromatic rings. The van der Waals surface area contributed by atoms with Crippen LogP contribution in [0.4, 0.5) is 0 Å². The number of benzene rings is 4. The number of para-hydroxylation sites is 3. The van der Waals surface area contributed by atoms with Crippen molar-refractivity contribution in [2.24, 2.45) is 0 Å². The number of nitrogens with zero attached hydrogens (tertiary/aromatic N) is 2. The van der Waals surface area contributed by atoms with Crippen molar-refractivity contribution in [3.63, 3.8) is 0 Å². The minimum atomic E-state index is 0.391. The lowest BCUT2D eigenvalue weighted by Gasteiger charge is -2.13. The van der Waals surface area contributed by atoms with Gasteiger partial charge in [0.2, 0.25) is 0 Å². The first-order valence-electron chi connectivity index (χ1n) is 9.99. The lowest BCUT2D eigenvalue weighted by molar-refractivity contribution is 0.291. The van der Waals surface area contributed by atoms with Gasteiger partial charge in [-0.15, -0.1) is 0 Å². The fourth-order valence-electron chi connectivity index (χ4n) is 3.82. The van der Waals surface area contributed by atoms with Crippen molar-refractivity contribution in [2.75, 3.05) is 7.11 Å². The Kier molecular flexibility index (Phi) is 4.81. The summed E-state index contributed by atoms with van der Waals surface area (Å²) in [6, 6.07) is 30.7. The molecule has 0 unspecified atom stereocenters. The normalized spacial score (nSPS) is 11.1. The van der Waals surface area contributed by atoms with Crippen LogP contribution in [0.25, 0.3) is 21.8 Å². The van der Waals surface area contributed by atoms with Crippen molar-refractivity contribution in [3.05, 3.63) is 102 Å². The maximum absolute atomic E-state index is 6.15. The summed E-state index contributed by atoms with van der Waals surface area (Å²) < 4.78 is 13.9. The zero-order chi connectivity index (χ0) is 20.3. The van der Waals surface area contributed by atoms with E-state index < -0.39 is 0 Å². The molecule has 30 heavy (non-hydrogen) atoms. The topological polar surface area (TPSA) is 36.3 Å². The number of ether oxygens (including phenoxy) is 2. The van der Waals surface area contributed by atoms with Crippen LogP contribution in [0, 0.1) is 0 Å². The van der Waals surface area contributed by atoms with Gasteiger partial charge in [0.05, 0.1) is 24.7 Å². The van der Waals surface area contributed by atoms with Crippen LogP contribution in [0.1, 0.15) is 11.4 Å². The molecule has 0 N–H and O–H groups in total. The van der Waals surface area contributed by atoms with Gasteiger partial charge in [0.1, 0.15) is 23.9 Å². The summed E-state index contributed by atoms with van der Waals surface area (Å²) in [7, 11) is 1.70. The minimum absolute atomic E-state index is 0.391. The largest absolute Gasteiger partial charge is 0.496 e. The first kappa shape index (κ1) is 18.3. The van der Waals surface area contributed by atoms with E-state index in [1.807, 2.05) is 54.6 Å². The molecule has 5 rings (SSSR count). The number of hydrogen-bond donors (Lipinski definition) is 0. The summed E-state index contributed by atoms with van der Waals surface area (Å²) in [5.41, 5.74) is 3.15. The van der Waals surface area contributed by atoms with Crippen molar-refractivity contribution in [1.82, 2.24) is 9.55 Å². The molecule has 0 bridgehead atoms. The quantitative estimate of drug-likeness (QED) is 0.364. The Bertz CT molecular complexity index is 1320. The third kappa shape index (κ3) is 3.48. The second kappa shape index (κ2) is 7.91. The molecule has 4 aromatic carbocycles.